The highest BCUT2D eigenvalue weighted by atomic mass is 79.9. The number of esters is 1. The lowest BCUT2D eigenvalue weighted by Crippen LogP contribution is -2.10. The summed E-state index contributed by atoms with van der Waals surface area (Å²) in [6.45, 7) is 3.91. The summed E-state index contributed by atoms with van der Waals surface area (Å²) in [5.74, 6) is 0.853. The van der Waals surface area contributed by atoms with Crippen LogP contribution in [0.2, 0.25) is 0 Å². The van der Waals surface area contributed by atoms with Gasteiger partial charge in [-0.3, -0.25) is 0 Å². The molecule has 0 aliphatic carbocycles. The Balaban J connectivity index is 1.85. The van der Waals surface area contributed by atoms with E-state index < -0.39 is 5.97 Å². The highest BCUT2D eigenvalue weighted by Crippen LogP contribution is 2.29. The maximum atomic E-state index is 12.5. The van der Waals surface area contributed by atoms with E-state index in [2.05, 4.69) is 15.9 Å². The van der Waals surface area contributed by atoms with Crippen molar-refractivity contribution in [2.75, 3.05) is 0 Å². The number of hydrogen-bond donors (Lipinski definition) is 0. The second kappa shape index (κ2) is 7.05. The zero-order valence-electron chi connectivity index (χ0n) is 13.5. The summed E-state index contributed by atoms with van der Waals surface area (Å²) in [4.78, 5) is 12.5. The smallest absolute Gasteiger partial charge is 0.343 e. The van der Waals surface area contributed by atoms with Crippen molar-refractivity contribution in [1.29, 1.82) is 0 Å². The summed E-state index contributed by atoms with van der Waals surface area (Å²) in [7, 11) is 0. The van der Waals surface area contributed by atoms with Gasteiger partial charge in [0.25, 0.3) is 0 Å². The standard InChI is InChI=1S/C20H17BrO3/c1-13(2)23-19-11-10-15(12-17(19)21)20(22)24-18-9-5-7-14-6-3-4-8-16(14)18/h3-13H,1-2H3. The zero-order valence-corrected chi connectivity index (χ0v) is 15.0. The fourth-order valence-corrected chi connectivity index (χ4v) is 2.89. The number of carbonyl (C=O) groups excluding carboxylic acids is 1. The first-order chi connectivity index (χ1) is 11.5. The fraction of sp³-hybridized carbons (Fsp3) is 0.150. The average Bonchev–Trinajstić information content (AvgIpc) is 2.56. The van der Waals surface area contributed by atoms with Crippen molar-refractivity contribution < 1.29 is 14.3 Å². The molecule has 0 spiro atoms. The van der Waals surface area contributed by atoms with Gasteiger partial charge in [-0.15, -0.1) is 0 Å². The number of benzene rings is 3. The van der Waals surface area contributed by atoms with E-state index in [0.29, 0.717) is 17.1 Å². The van der Waals surface area contributed by atoms with E-state index in [1.807, 2.05) is 50.2 Å². The number of rotatable bonds is 4. The number of halogens is 1. The number of hydrogen-bond acceptors (Lipinski definition) is 3. The molecule has 0 fully saturated rings. The molecule has 0 radical (unpaired) electrons. The van der Waals surface area contributed by atoms with Gasteiger partial charge >= 0.3 is 5.97 Å². The second-order valence-corrected chi connectivity index (χ2v) is 6.53. The Morgan fingerprint density at radius 1 is 0.958 bits per heavy atom. The van der Waals surface area contributed by atoms with Crippen LogP contribution in [0.25, 0.3) is 10.8 Å². The molecular formula is C20H17BrO3. The van der Waals surface area contributed by atoms with Crippen LogP contribution in [0.15, 0.2) is 65.1 Å². The van der Waals surface area contributed by atoms with Crippen LogP contribution >= 0.6 is 15.9 Å². The summed E-state index contributed by atoms with van der Waals surface area (Å²) >= 11 is 3.44. The molecule has 0 bridgehead atoms. The van der Waals surface area contributed by atoms with Gasteiger partial charge in [-0.2, -0.15) is 0 Å². The van der Waals surface area contributed by atoms with Crippen molar-refractivity contribution >= 4 is 32.7 Å². The van der Waals surface area contributed by atoms with E-state index in [1.165, 1.54) is 0 Å². The average molecular weight is 385 g/mol. The van der Waals surface area contributed by atoms with E-state index >= 15 is 0 Å². The number of carbonyl (C=O) groups is 1. The Labute approximate surface area is 149 Å². The minimum Gasteiger partial charge on any atom is -0.490 e. The van der Waals surface area contributed by atoms with Gasteiger partial charge in [-0.25, -0.2) is 4.79 Å². The Bertz CT molecular complexity index is 882. The molecular weight excluding hydrogens is 368 g/mol. The van der Waals surface area contributed by atoms with E-state index in [1.54, 1.807) is 24.3 Å². The van der Waals surface area contributed by atoms with Gasteiger partial charge in [-0.1, -0.05) is 36.4 Å². The largest absolute Gasteiger partial charge is 0.490 e. The van der Waals surface area contributed by atoms with Gasteiger partial charge in [0.05, 0.1) is 16.1 Å². The van der Waals surface area contributed by atoms with Crippen LogP contribution in [0.3, 0.4) is 0 Å². The predicted octanol–water partition coefficient (Wildman–Crippen LogP) is 5.61. The summed E-state index contributed by atoms with van der Waals surface area (Å²) < 4.78 is 12.0. The van der Waals surface area contributed by atoms with Gasteiger partial charge in [-0.05, 0) is 59.4 Å². The summed E-state index contributed by atoms with van der Waals surface area (Å²) in [6.07, 6.45) is 0.0646. The lowest BCUT2D eigenvalue weighted by molar-refractivity contribution is 0.0737. The van der Waals surface area contributed by atoms with Crippen LogP contribution in [0.1, 0.15) is 24.2 Å². The van der Waals surface area contributed by atoms with Gasteiger partial charge in [0.1, 0.15) is 11.5 Å². The van der Waals surface area contributed by atoms with Crippen LogP contribution in [0, 0.1) is 0 Å². The Kier molecular flexibility index (Phi) is 4.86. The lowest BCUT2D eigenvalue weighted by atomic mass is 10.1. The summed E-state index contributed by atoms with van der Waals surface area (Å²) in [5, 5.41) is 1.94. The quantitative estimate of drug-likeness (QED) is 0.433. The summed E-state index contributed by atoms with van der Waals surface area (Å²) in [5.41, 5.74) is 0.464. The van der Waals surface area contributed by atoms with Crippen molar-refractivity contribution in [1.82, 2.24) is 0 Å². The lowest BCUT2D eigenvalue weighted by Gasteiger charge is -2.12. The van der Waals surface area contributed by atoms with Crippen LogP contribution in [0.5, 0.6) is 11.5 Å². The molecule has 0 unspecified atom stereocenters. The Morgan fingerprint density at radius 3 is 2.46 bits per heavy atom. The molecule has 0 saturated carbocycles. The third-order valence-corrected chi connectivity index (χ3v) is 4.10. The predicted molar refractivity (Wildman–Crippen MR) is 98.8 cm³/mol. The van der Waals surface area contributed by atoms with Gasteiger partial charge < -0.3 is 9.47 Å². The van der Waals surface area contributed by atoms with Gasteiger partial charge in [0, 0.05) is 5.39 Å². The van der Waals surface area contributed by atoms with Gasteiger partial charge in [0.15, 0.2) is 0 Å². The van der Waals surface area contributed by atoms with Crippen molar-refractivity contribution in [2.24, 2.45) is 0 Å². The molecule has 0 aliphatic heterocycles. The van der Waals surface area contributed by atoms with Crippen LogP contribution in [0.4, 0.5) is 0 Å². The minimum absolute atomic E-state index is 0.0646. The van der Waals surface area contributed by atoms with E-state index in [9.17, 15) is 4.79 Å². The maximum absolute atomic E-state index is 12.5. The van der Waals surface area contributed by atoms with Gasteiger partial charge in [0.2, 0.25) is 0 Å². The topological polar surface area (TPSA) is 35.5 Å². The Hall–Kier alpha value is -2.33. The molecule has 3 aromatic carbocycles. The molecule has 0 amide bonds. The van der Waals surface area contributed by atoms with E-state index in [4.69, 9.17) is 9.47 Å². The van der Waals surface area contributed by atoms with Crippen molar-refractivity contribution in [2.45, 2.75) is 20.0 Å². The molecule has 0 aromatic heterocycles. The minimum atomic E-state index is -0.400. The molecule has 24 heavy (non-hydrogen) atoms. The number of ether oxygens (including phenoxy) is 2. The highest BCUT2D eigenvalue weighted by molar-refractivity contribution is 9.10. The molecule has 0 saturated heterocycles. The first-order valence-corrected chi connectivity index (χ1v) is 8.50. The fourth-order valence-electron chi connectivity index (χ4n) is 2.42. The van der Waals surface area contributed by atoms with E-state index in [-0.39, 0.29) is 6.10 Å². The normalized spacial score (nSPS) is 10.8. The molecule has 0 aliphatic rings. The molecule has 3 nitrogen and oxygen atoms in total. The monoisotopic (exact) mass is 384 g/mol. The first kappa shape index (κ1) is 16.5. The SMILES string of the molecule is CC(C)Oc1ccc(C(=O)Oc2cccc3ccccc23)cc1Br. The molecule has 122 valence electrons. The number of fused-ring (bicyclic) bond motifs is 1. The van der Waals surface area contributed by atoms with Crippen molar-refractivity contribution in [3.8, 4) is 11.5 Å². The molecule has 3 aromatic rings. The van der Waals surface area contributed by atoms with Crippen LogP contribution in [-0.4, -0.2) is 12.1 Å². The Morgan fingerprint density at radius 2 is 1.71 bits per heavy atom. The zero-order chi connectivity index (χ0) is 17.1. The van der Waals surface area contributed by atoms with Crippen molar-refractivity contribution in [3.63, 3.8) is 0 Å². The molecule has 4 heteroatoms. The van der Waals surface area contributed by atoms with Crippen LogP contribution < -0.4 is 9.47 Å². The van der Waals surface area contributed by atoms with Crippen LogP contribution in [-0.2, 0) is 0 Å². The third-order valence-electron chi connectivity index (χ3n) is 3.48. The second-order valence-electron chi connectivity index (χ2n) is 5.68. The first-order valence-electron chi connectivity index (χ1n) is 7.71. The molecule has 0 N–H and O–H groups in total. The third kappa shape index (κ3) is 3.60. The highest BCUT2D eigenvalue weighted by Gasteiger charge is 2.13. The van der Waals surface area contributed by atoms with E-state index in [0.717, 1.165) is 15.2 Å². The molecule has 0 atom stereocenters. The summed E-state index contributed by atoms with van der Waals surface area (Å²) in [6, 6.07) is 18.7. The molecule has 3 rings (SSSR count). The van der Waals surface area contributed by atoms with Crippen molar-refractivity contribution in [3.05, 3.63) is 70.7 Å². The molecule has 0 heterocycles. The maximum Gasteiger partial charge on any atom is 0.343 e.